The van der Waals surface area contributed by atoms with Gasteiger partial charge >= 0.3 is 0 Å². The number of aromatic nitrogens is 2. The minimum atomic E-state index is 0.00713. The Hall–Kier alpha value is -0.870. The van der Waals surface area contributed by atoms with Gasteiger partial charge in [0.15, 0.2) is 0 Å². The average Bonchev–Trinajstić information content (AvgIpc) is 2.65. The van der Waals surface area contributed by atoms with Crippen molar-refractivity contribution in [2.24, 2.45) is 13.0 Å². The first-order chi connectivity index (χ1) is 7.17. The lowest BCUT2D eigenvalue weighted by atomic mass is 10.1. The predicted molar refractivity (Wildman–Crippen MR) is 60.5 cm³/mol. The highest BCUT2D eigenvalue weighted by Crippen LogP contribution is 2.11. The fourth-order valence-corrected chi connectivity index (χ4v) is 1.40. The standard InChI is InChI=1S/C11H21N3O/c1-4-9(2)5-12-11(8-15)10-6-13-14(3)7-10/h6-7,9,11-12,15H,4-5,8H2,1-3H3. The molecule has 0 aliphatic rings. The highest BCUT2D eigenvalue weighted by Gasteiger charge is 2.12. The lowest BCUT2D eigenvalue weighted by Crippen LogP contribution is -2.28. The van der Waals surface area contributed by atoms with E-state index in [1.165, 1.54) is 0 Å². The molecule has 15 heavy (non-hydrogen) atoms. The molecule has 0 saturated heterocycles. The van der Waals surface area contributed by atoms with Crippen molar-refractivity contribution in [2.75, 3.05) is 13.2 Å². The summed E-state index contributed by atoms with van der Waals surface area (Å²) >= 11 is 0. The molecule has 1 heterocycles. The molecular formula is C11H21N3O. The van der Waals surface area contributed by atoms with Crippen molar-refractivity contribution in [3.63, 3.8) is 0 Å². The van der Waals surface area contributed by atoms with Gasteiger partial charge in [-0.2, -0.15) is 5.10 Å². The van der Waals surface area contributed by atoms with Crippen molar-refractivity contribution < 1.29 is 5.11 Å². The van der Waals surface area contributed by atoms with Crippen LogP contribution in [-0.2, 0) is 7.05 Å². The molecule has 0 amide bonds. The summed E-state index contributed by atoms with van der Waals surface area (Å²) in [6.07, 6.45) is 4.88. The summed E-state index contributed by atoms with van der Waals surface area (Å²) in [6.45, 7) is 5.41. The monoisotopic (exact) mass is 211 g/mol. The summed E-state index contributed by atoms with van der Waals surface area (Å²) in [7, 11) is 1.88. The SMILES string of the molecule is CCC(C)CNC(CO)c1cnn(C)c1. The molecule has 4 heteroatoms. The summed E-state index contributed by atoms with van der Waals surface area (Å²) in [5.41, 5.74) is 1.04. The smallest absolute Gasteiger partial charge is 0.0627 e. The molecule has 0 saturated carbocycles. The summed E-state index contributed by atoms with van der Waals surface area (Å²) in [6, 6.07) is 0.00713. The van der Waals surface area contributed by atoms with Gasteiger partial charge < -0.3 is 10.4 Å². The molecule has 0 fully saturated rings. The Bertz CT molecular complexity index is 285. The summed E-state index contributed by atoms with van der Waals surface area (Å²) in [5, 5.41) is 16.7. The third-order valence-electron chi connectivity index (χ3n) is 2.72. The van der Waals surface area contributed by atoms with E-state index < -0.39 is 0 Å². The van der Waals surface area contributed by atoms with E-state index >= 15 is 0 Å². The van der Waals surface area contributed by atoms with Crippen LogP contribution in [-0.4, -0.2) is 28.0 Å². The number of aliphatic hydroxyl groups excluding tert-OH is 1. The Labute approximate surface area is 91.3 Å². The van der Waals surface area contributed by atoms with Gasteiger partial charge in [0, 0.05) is 18.8 Å². The first-order valence-electron chi connectivity index (χ1n) is 5.50. The quantitative estimate of drug-likeness (QED) is 0.740. The van der Waals surface area contributed by atoms with Crippen LogP contribution in [0, 0.1) is 5.92 Å². The zero-order valence-electron chi connectivity index (χ0n) is 9.77. The van der Waals surface area contributed by atoms with Crippen molar-refractivity contribution in [3.8, 4) is 0 Å². The Morgan fingerprint density at radius 1 is 1.60 bits per heavy atom. The lowest BCUT2D eigenvalue weighted by Gasteiger charge is -2.17. The summed E-state index contributed by atoms with van der Waals surface area (Å²) in [5.74, 6) is 0.635. The molecule has 0 radical (unpaired) electrons. The average molecular weight is 211 g/mol. The maximum Gasteiger partial charge on any atom is 0.0627 e. The van der Waals surface area contributed by atoms with E-state index in [4.69, 9.17) is 0 Å². The normalized spacial score (nSPS) is 15.2. The Morgan fingerprint density at radius 3 is 2.80 bits per heavy atom. The second kappa shape index (κ2) is 5.88. The number of hydrogen-bond donors (Lipinski definition) is 2. The first kappa shape index (κ1) is 12.2. The summed E-state index contributed by atoms with van der Waals surface area (Å²) < 4.78 is 1.75. The van der Waals surface area contributed by atoms with E-state index in [-0.39, 0.29) is 12.6 Å². The Balaban J connectivity index is 2.49. The number of rotatable bonds is 6. The molecule has 1 rings (SSSR count). The van der Waals surface area contributed by atoms with E-state index in [0.29, 0.717) is 5.92 Å². The van der Waals surface area contributed by atoms with Gasteiger partial charge in [0.05, 0.1) is 18.8 Å². The maximum atomic E-state index is 9.27. The molecule has 1 aromatic heterocycles. The van der Waals surface area contributed by atoms with Crippen LogP contribution in [0.25, 0.3) is 0 Å². The first-order valence-corrected chi connectivity index (χ1v) is 5.50. The molecule has 0 aliphatic carbocycles. The van der Waals surface area contributed by atoms with E-state index in [0.717, 1.165) is 18.5 Å². The fourth-order valence-electron chi connectivity index (χ4n) is 1.40. The van der Waals surface area contributed by atoms with Crippen molar-refractivity contribution in [2.45, 2.75) is 26.3 Å². The van der Waals surface area contributed by atoms with Crippen LogP contribution >= 0.6 is 0 Å². The minimum absolute atomic E-state index is 0.00713. The number of aryl methyl sites for hydroxylation is 1. The predicted octanol–water partition coefficient (Wildman–Crippen LogP) is 1.09. The number of nitrogens with one attached hydrogen (secondary N) is 1. The van der Waals surface area contributed by atoms with Gasteiger partial charge in [-0.15, -0.1) is 0 Å². The molecule has 0 spiro atoms. The molecule has 2 unspecified atom stereocenters. The molecule has 86 valence electrons. The van der Waals surface area contributed by atoms with Gasteiger partial charge in [-0.3, -0.25) is 4.68 Å². The molecule has 0 aliphatic heterocycles. The van der Waals surface area contributed by atoms with Crippen LogP contribution in [0.2, 0.25) is 0 Å². The fraction of sp³-hybridized carbons (Fsp3) is 0.727. The largest absolute Gasteiger partial charge is 0.394 e. The molecule has 2 N–H and O–H groups in total. The highest BCUT2D eigenvalue weighted by atomic mass is 16.3. The van der Waals surface area contributed by atoms with E-state index in [9.17, 15) is 5.11 Å². The second-order valence-electron chi connectivity index (χ2n) is 4.10. The third-order valence-corrected chi connectivity index (χ3v) is 2.72. The Morgan fingerprint density at radius 2 is 2.33 bits per heavy atom. The molecule has 0 aromatic carbocycles. The number of nitrogens with zero attached hydrogens (tertiary/aromatic N) is 2. The van der Waals surface area contributed by atoms with Crippen LogP contribution in [0.15, 0.2) is 12.4 Å². The Kier molecular flexibility index (Phi) is 4.78. The van der Waals surface area contributed by atoms with Crippen LogP contribution in [0.1, 0.15) is 31.9 Å². The third kappa shape index (κ3) is 3.64. The second-order valence-corrected chi connectivity index (χ2v) is 4.10. The van der Waals surface area contributed by atoms with Crippen LogP contribution in [0.3, 0.4) is 0 Å². The van der Waals surface area contributed by atoms with E-state index in [1.807, 2.05) is 13.2 Å². The van der Waals surface area contributed by atoms with Gasteiger partial charge in [-0.1, -0.05) is 20.3 Å². The zero-order chi connectivity index (χ0) is 11.3. The van der Waals surface area contributed by atoms with Crippen molar-refractivity contribution in [3.05, 3.63) is 18.0 Å². The zero-order valence-corrected chi connectivity index (χ0v) is 9.77. The molecular weight excluding hydrogens is 190 g/mol. The van der Waals surface area contributed by atoms with Crippen LogP contribution in [0.5, 0.6) is 0 Å². The van der Waals surface area contributed by atoms with Gasteiger partial charge in [-0.05, 0) is 12.5 Å². The van der Waals surface area contributed by atoms with Crippen LogP contribution in [0.4, 0.5) is 0 Å². The lowest BCUT2D eigenvalue weighted by molar-refractivity contribution is 0.239. The van der Waals surface area contributed by atoms with Crippen molar-refractivity contribution >= 4 is 0 Å². The minimum Gasteiger partial charge on any atom is -0.394 e. The molecule has 2 atom stereocenters. The summed E-state index contributed by atoms with van der Waals surface area (Å²) in [4.78, 5) is 0. The van der Waals surface area contributed by atoms with Crippen molar-refractivity contribution in [1.29, 1.82) is 0 Å². The maximum absolute atomic E-state index is 9.27. The van der Waals surface area contributed by atoms with Gasteiger partial charge in [-0.25, -0.2) is 0 Å². The number of hydrogen-bond acceptors (Lipinski definition) is 3. The highest BCUT2D eigenvalue weighted by molar-refractivity contribution is 5.10. The van der Waals surface area contributed by atoms with Crippen LogP contribution < -0.4 is 5.32 Å². The van der Waals surface area contributed by atoms with Gasteiger partial charge in [0.2, 0.25) is 0 Å². The van der Waals surface area contributed by atoms with Gasteiger partial charge in [0.1, 0.15) is 0 Å². The van der Waals surface area contributed by atoms with E-state index in [1.54, 1.807) is 10.9 Å². The molecule has 0 bridgehead atoms. The molecule has 1 aromatic rings. The topological polar surface area (TPSA) is 50.1 Å². The van der Waals surface area contributed by atoms with Gasteiger partial charge in [0.25, 0.3) is 0 Å². The van der Waals surface area contributed by atoms with E-state index in [2.05, 4.69) is 24.3 Å². The number of aliphatic hydroxyl groups is 1. The molecule has 4 nitrogen and oxygen atoms in total. The van der Waals surface area contributed by atoms with Crippen molar-refractivity contribution in [1.82, 2.24) is 15.1 Å².